The molecule has 1 N–H and O–H groups in total. The summed E-state index contributed by atoms with van der Waals surface area (Å²) in [5, 5.41) is 9.72. The van der Waals surface area contributed by atoms with Crippen LogP contribution in [0.5, 0.6) is 0 Å². The molecule has 118 valence electrons. The molecule has 21 heavy (non-hydrogen) atoms. The lowest BCUT2D eigenvalue weighted by Crippen LogP contribution is -2.23. The van der Waals surface area contributed by atoms with Crippen LogP contribution in [0.2, 0.25) is 0 Å². The molecule has 2 heterocycles. The third-order valence-corrected chi connectivity index (χ3v) is 4.82. The quantitative estimate of drug-likeness (QED) is 0.846. The average Bonchev–Trinajstić information content (AvgIpc) is 2.93. The zero-order valence-electron chi connectivity index (χ0n) is 13.3. The number of likely N-dealkylation sites (tertiary alicyclic amines) is 1. The molecule has 5 nitrogen and oxygen atoms in total. The van der Waals surface area contributed by atoms with Gasteiger partial charge in [-0.2, -0.15) is 0 Å². The Morgan fingerprint density at radius 1 is 1.52 bits per heavy atom. The number of carboxylic acids is 1. The highest BCUT2D eigenvalue weighted by Crippen LogP contribution is 2.29. The van der Waals surface area contributed by atoms with E-state index in [1.165, 1.54) is 23.9 Å². The minimum Gasteiger partial charge on any atom is -0.481 e. The zero-order chi connectivity index (χ0) is 15.6. The monoisotopic (exact) mass is 311 g/mol. The minimum absolute atomic E-state index is 0.0134. The van der Waals surface area contributed by atoms with E-state index in [1.54, 1.807) is 0 Å². The molecule has 6 heteroatoms. The standard InChI is InChI=1S/C15H25N3O2S/c1-15(2,3)12-7-16-14(21-10-13(19)20)18(12)9-11-5-6-17(4)8-11/h7,11H,5-6,8-10H2,1-4H3,(H,19,20). The van der Waals surface area contributed by atoms with Gasteiger partial charge in [-0.15, -0.1) is 0 Å². The predicted octanol–water partition coefficient (Wildman–Crippen LogP) is 2.31. The highest BCUT2D eigenvalue weighted by atomic mass is 32.2. The molecule has 1 aliphatic rings. The van der Waals surface area contributed by atoms with Crippen LogP contribution in [0.15, 0.2) is 11.4 Å². The molecule has 1 aliphatic heterocycles. The summed E-state index contributed by atoms with van der Waals surface area (Å²) < 4.78 is 2.23. The van der Waals surface area contributed by atoms with Gasteiger partial charge in [-0.1, -0.05) is 32.5 Å². The number of carbonyl (C=O) groups is 1. The summed E-state index contributed by atoms with van der Waals surface area (Å²) in [4.78, 5) is 17.6. The van der Waals surface area contributed by atoms with Crippen molar-refractivity contribution in [2.45, 2.75) is 44.3 Å². The first-order chi connectivity index (χ1) is 9.77. The SMILES string of the molecule is CN1CCC(Cn2c(C(C)(C)C)cnc2SCC(=O)O)C1. The Morgan fingerprint density at radius 3 is 2.76 bits per heavy atom. The first kappa shape index (κ1) is 16.4. The molecule has 0 bridgehead atoms. The van der Waals surface area contributed by atoms with Gasteiger partial charge in [-0.25, -0.2) is 4.98 Å². The summed E-state index contributed by atoms with van der Waals surface area (Å²) in [6, 6.07) is 0. The van der Waals surface area contributed by atoms with Gasteiger partial charge in [0.1, 0.15) is 0 Å². The molecule has 1 unspecified atom stereocenters. The van der Waals surface area contributed by atoms with Crippen LogP contribution in [-0.2, 0) is 16.8 Å². The highest BCUT2D eigenvalue weighted by Gasteiger charge is 2.26. The van der Waals surface area contributed by atoms with E-state index in [0.717, 1.165) is 24.8 Å². The molecular formula is C15H25N3O2S. The number of imidazole rings is 1. The maximum Gasteiger partial charge on any atom is 0.313 e. The lowest BCUT2D eigenvalue weighted by atomic mass is 9.92. The Balaban J connectivity index is 2.21. The van der Waals surface area contributed by atoms with E-state index < -0.39 is 5.97 Å². The van der Waals surface area contributed by atoms with Gasteiger partial charge >= 0.3 is 5.97 Å². The summed E-state index contributed by atoms with van der Waals surface area (Å²) in [5.41, 5.74) is 1.20. The van der Waals surface area contributed by atoms with Crippen molar-refractivity contribution < 1.29 is 9.90 Å². The fourth-order valence-corrected chi connectivity index (χ4v) is 3.52. The molecular weight excluding hydrogens is 286 g/mol. The Labute approximate surface area is 130 Å². The Bertz CT molecular complexity index is 508. The number of nitrogens with zero attached hydrogens (tertiary/aromatic N) is 3. The first-order valence-corrected chi connectivity index (χ1v) is 8.35. The molecule has 1 fully saturated rings. The molecule has 1 saturated heterocycles. The van der Waals surface area contributed by atoms with Crippen LogP contribution in [0, 0.1) is 5.92 Å². The number of rotatable bonds is 5. The number of carboxylic acid groups (broad SMARTS) is 1. The summed E-state index contributed by atoms with van der Waals surface area (Å²) in [5.74, 6) is -0.118. The fraction of sp³-hybridized carbons (Fsp3) is 0.733. The Hall–Kier alpha value is -1.01. The summed E-state index contributed by atoms with van der Waals surface area (Å²) in [7, 11) is 2.15. The van der Waals surface area contributed by atoms with E-state index in [0.29, 0.717) is 5.92 Å². The normalized spacial score (nSPS) is 20.1. The van der Waals surface area contributed by atoms with E-state index in [4.69, 9.17) is 5.11 Å². The molecule has 0 aromatic carbocycles. The largest absolute Gasteiger partial charge is 0.481 e. The van der Waals surface area contributed by atoms with E-state index in [1.807, 2.05) is 6.20 Å². The highest BCUT2D eigenvalue weighted by molar-refractivity contribution is 7.99. The topological polar surface area (TPSA) is 58.4 Å². The molecule has 1 aromatic heterocycles. The lowest BCUT2D eigenvalue weighted by molar-refractivity contribution is -0.133. The van der Waals surface area contributed by atoms with Gasteiger partial charge in [-0.3, -0.25) is 4.79 Å². The van der Waals surface area contributed by atoms with Crippen molar-refractivity contribution >= 4 is 17.7 Å². The molecule has 0 spiro atoms. The van der Waals surface area contributed by atoms with Crippen molar-refractivity contribution in [2.24, 2.45) is 5.92 Å². The van der Waals surface area contributed by atoms with E-state index >= 15 is 0 Å². The van der Waals surface area contributed by atoms with Gasteiger partial charge in [0.2, 0.25) is 0 Å². The van der Waals surface area contributed by atoms with Crippen molar-refractivity contribution in [3.8, 4) is 0 Å². The fourth-order valence-electron chi connectivity index (χ4n) is 2.81. The smallest absolute Gasteiger partial charge is 0.313 e. The molecule has 1 atom stereocenters. The van der Waals surface area contributed by atoms with Crippen LogP contribution in [-0.4, -0.2) is 51.4 Å². The van der Waals surface area contributed by atoms with Crippen molar-refractivity contribution in [2.75, 3.05) is 25.9 Å². The molecule has 0 amide bonds. The van der Waals surface area contributed by atoms with Gasteiger partial charge in [-0.05, 0) is 25.9 Å². The van der Waals surface area contributed by atoms with Crippen LogP contribution in [0.1, 0.15) is 32.9 Å². The summed E-state index contributed by atoms with van der Waals surface area (Å²) >= 11 is 1.31. The van der Waals surface area contributed by atoms with Gasteiger partial charge in [0.15, 0.2) is 5.16 Å². The first-order valence-electron chi connectivity index (χ1n) is 7.36. The van der Waals surface area contributed by atoms with Gasteiger partial charge in [0, 0.05) is 30.4 Å². The maximum atomic E-state index is 10.8. The average molecular weight is 311 g/mol. The third kappa shape index (κ3) is 4.23. The van der Waals surface area contributed by atoms with Gasteiger partial charge < -0.3 is 14.6 Å². The summed E-state index contributed by atoms with van der Waals surface area (Å²) in [6.07, 6.45) is 3.10. The molecule has 0 radical (unpaired) electrons. The molecule has 0 saturated carbocycles. The Morgan fingerprint density at radius 2 is 2.24 bits per heavy atom. The number of hydrogen-bond donors (Lipinski definition) is 1. The summed E-state index contributed by atoms with van der Waals surface area (Å²) in [6.45, 7) is 9.69. The van der Waals surface area contributed by atoms with Gasteiger partial charge in [0.05, 0.1) is 5.75 Å². The lowest BCUT2D eigenvalue weighted by Gasteiger charge is -2.23. The zero-order valence-corrected chi connectivity index (χ0v) is 14.1. The van der Waals surface area contributed by atoms with Crippen LogP contribution < -0.4 is 0 Å². The van der Waals surface area contributed by atoms with Crippen molar-refractivity contribution in [3.63, 3.8) is 0 Å². The third-order valence-electron chi connectivity index (χ3n) is 3.84. The second-order valence-corrected chi connectivity index (χ2v) is 7.83. The van der Waals surface area contributed by atoms with Crippen molar-refractivity contribution in [3.05, 3.63) is 11.9 Å². The molecule has 2 rings (SSSR count). The number of aliphatic carboxylic acids is 1. The van der Waals surface area contributed by atoms with E-state index in [2.05, 4.69) is 42.3 Å². The molecule has 1 aromatic rings. The van der Waals surface area contributed by atoms with Gasteiger partial charge in [0.25, 0.3) is 0 Å². The minimum atomic E-state index is -0.799. The predicted molar refractivity (Wildman–Crippen MR) is 84.9 cm³/mol. The van der Waals surface area contributed by atoms with Crippen LogP contribution in [0.4, 0.5) is 0 Å². The van der Waals surface area contributed by atoms with Crippen molar-refractivity contribution in [1.29, 1.82) is 0 Å². The maximum absolute atomic E-state index is 10.8. The second kappa shape index (κ2) is 6.40. The van der Waals surface area contributed by atoms with Crippen LogP contribution >= 0.6 is 11.8 Å². The number of aromatic nitrogens is 2. The van der Waals surface area contributed by atoms with Crippen LogP contribution in [0.3, 0.4) is 0 Å². The van der Waals surface area contributed by atoms with Crippen LogP contribution in [0.25, 0.3) is 0 Å². The van der Waals surface area contributed by atoms with E-state index in [-0.39, 0.29) is 11.2 Å². The van der Waals surface area contributed by atoms with E-state index in [9.17, 15) is 4.79 Å². The van der Waals surface area contributed by atoms with Crippen molar-refractivity contribution in [1.82, 2.24) is 14.5 Å². The Kier molecular flexibility index (Phi) is 4.99. The number of thioether (sulfide) groups is 1. The molecule has 0 aliphatic carbocycles. The second-order valence-electron chi connectivity index (χ2n) is 6.89. The number of hydrogen-bond acceptors (Lipinski definition) is 4.